The van der Waals surface area contributed by atoms with Gasteiger partial charge in [0.25, 0.3) is 0 Å². The molecule has 2 N–H and O–H groups in total. The third-order valence-electron chi connectivity index (χ3n) is 3.66. The lowest BCUT2D eigenvalue weighted by Crippen LogP contribution is -2.30. The highest BCUT2D eigenvalue weighted by Crippen LogP contribution is 2.20. The molecular weight excluding hydrogens is 356 g/mol. The summed E-state index contributed by atoms with van der Waals surface area (Å²) in [6.45, 7) is 5.59. The normalized spacial score (nSPS) is 13.3. The summed E-state index contributed by atoms with van der Waals surface area (Å²) in [5, 5.41) is 6.58. The Morgan fingerprint density at radius 2 is 1.88 bits per heavy atom. The minimum absolute atomic E-state index is 0.0678. The number of hydrogen-bond acceptors (Lipinski definition) is 6. The summed E-state index contributed by atoms with van der Waals surface area (Å²) in [4.78, 5) is 16.5. The molecule has 0 aliphatic heterocycles. The van der Waals surface area contributed by atoms with Crippen LogP contribution in [0.3, 0.4) is 0 Å². The second-order valence-electron chi connectivity index (χ2n) is 6.02. The van der Waals surface area contributed by atoms with Gasteiger partial charge in [0.1, 0.15) is 6.04 Å². The number of aryl methyl sites for hydroxylation is 1. The van der Waals surface area contributed by atoms with E-state index in [1.54, 1.807) is 25.1 Å². The van der Waals surface area contributed by atoms with E-state index in [4.69, 9.17) is 4.52 Å². The summed E-state index contributed by atoms with van der Waals surface area (Å²) < 4.78 is 30.8. The monoisotopic (exact) mass is 378 g/mol. The van der Waals surface area contributed by atoms with Crippen molar-refractivity contribution in [3.63, 3.8) is 0 Å². The molecule has 1 amide bonds. The Labute approximate surface area is 152 Å². The standard InChI is InChI=1S/C17H22N4O4S/c1-11(2)16(17-19-12(3)21-25-17)20-15(22)10-7-13-5-8-14(9-6-13)26(23,24)18-4/h5-11,16,18H,1-4H3,(H,20,22)/b10-7+. The molecule has 1 unspecified atom stereocenters. The maximum absolute atomic E-state index is 12.2. The first-order valence-electron chi connectivity index (χ1n) is 8.05. The first-order chi connectivity index (χ1) is 12.2. The first-order valence-corrected chi connectivity index (χ1v) is 9.53. The van der Waals surface area contributed by atoms with Crippen LogP contribution < -0.4 is 10.0 Å². The minimum atomic E-state index is -3.48. The van der Waals surface area contributed by atoms with Crippen LogP contribution in [0.4, 0.5) is 0 Å². The highest BCUT2D eigenvalue weighted by molar-refractivity contribution is 7.89. The van der Waals surface area contributed by atoms with Gasteiger partial charge < -0.3 is 9.84 Å². The molecule has 1 aromatic heterocycles. The lowest BCUT2D eigenvalue weighted by molar-refractivity contribution is -0.117. The van der Waals surface area contributed by atoms with Gasteiger partial charge in [-0.3, -0.25) is 4.79 Å². The smallest absolute Gasteiger partial charge is 0.249 e. The van der Waals surface area contributed by atoms with Gasteiger partial charge in [-0.2, -0.15) is 4.98 Å². The lowest BCUT2D eigenvalue weighted by atomic mass is 10.0. The lowest BCUT2D eigenvalue weighted by Gasteiger charge is -2.17. The molecule has 0 aliphatic carbocycles. The van der Waals surface area contributed by atoms with Crippen LogP contribution in [0.2, 0.25) is 0 Å². The molecule has 0 bridgehead atoms. The zero-order valence-corrected chi connectivity index (χ0v) is 15.9. The van der Waals surface area contributed by atoms with E-state index in [1.165, 1.54) is 25.3 Å². The van der Waals surface area contributed by atoms with Crippen molar-refractivity contribution in [2.75, 3.05) is 7.05 Å². The summed E-state index contributed by atoms with van der Waals surface area (Å²) in [7, 11) is -2.13. The Morgan fingerprint density at radius 1 is 1.23 bits per heavy atom. The molecule has 2 rings (SSSR count). The van der Waals surface area contributed by atoms with E-state index >= 15 is 0 Å². The van der Waals surface area contributed by atoms with Gasteiger partial charge in [0.2, 0.25) is 21.8 Å². The van der Waals surface area contributed by atoms with Gasteiger partial charge in [0.05, 0.1) is 4.90 Å². The van der Waals surface area contributed by atoms with Crippen LogP contribution in [0.5, 0.6) is 0 Å². The number of benzene rings is 1. The number of amides is 1. The van der Waals surface area contributed by atoms with E-state index in [0.29, 0.717) is 17.3 Å². The molecule has 1 aromatic carbocycles. The Kier molecular flexibility index (Phi) is 6.27. The van der Waals surface area contributed by atoms with Crippen molar-refractivity contribution < 1.29 is 17.7 Å². The van der Waals surface area contributed by atoms with Crippen LogP contribution in [0.1, 0.15) is 37.2 Å². The molecule has 0 aliphatic rings. The van der Waals surface area contributed by atoms with Crippen LogP contribution in [0.15, 0.2) is 39.8 Å². The average Bonchev–Trinajstić information content (AvgIpc) is 3.04. The van der Waals surface area contributed by atoms with Crippen molar-refractivity contribution in [2.24, 2.45) is 5.92 Å². The van der Waals surface area contributed by atoms with Crippen molar-refractivity contribution in [2.45, 2.75) is 31.7 Å². The van der Waals surface area contributed by atoms with Crippen LogP contribution in [0, 0.1) is 12.8 Å². The van der Waals surface area contributed by atoms with Gasteiger partial charge in [0.15, 0.2) is 5.82 Å². The van der Waals surface area contributed by atoms with Gasteiger partial charge in [-0.1, -0.05) is 31.1 Å². The molecule has 0 radical (unpaired) electrons. The zero-order chi connectivity index (χ0) is 19.3. The van der Waals surface area contributed by atoms with Gasteiger partial charge in [0, 0.05) is 6.08 Å². The Balaban J connectivity index is 2.06. The predicted molar refractivity (Wildman–Crippen MR) is 96.5 cm³/mol. The van der Waals surface area contributed by atoms with Crippen LogP contribution >= 0.6 is 0 Å². The van der Waals surface area contributed by atoms with Crippen molar-refractivity contribution in [1.29, 1.82) is 0 Å². The Morgan fingerprint density at radius 3 is 2.38 bits per heavy atom. The van der Waals surface area contributed by atoms with Crippen LogP contribution in [-0.2, 0) is 14.8 Å². The fourth-order valence-corrected chi connectivity index (χ4v) is 2.93. The number of carbonyl (C=O) groups excluding carboxylic acids is 1. The summed E-state index contributed by atoms with van der Waals surface area (Å²) in [6, 6.07) is 5.80. The van der Waals surface area contributed by atoms with Gasteiger partial charge in [-0.15, -0.1) is 0 Å². The molecule has 0 fully saturated rings. The quantitative estimate of drug-likeness (QED) is 0.710. The maximum atomic E-state index is 12.2. The number of carbonyl (C=O) groups is 1. The van der Waals surface area contributed by atoms with Crippen LogP contribution in [-0.4, -0.2) is 31.5 Å². The van der Waals surface area contributed by atoms with E-state index in [1.807, 2.05) is 13.8 Å². The SMILES string of the molecule is CNS(=O)(=O)c1ccc(/C=C/C(=O)NC(c2nc(C)no2)C(C)C)cc1. The number of hydrogen-bond donors (Lipinski definition) is 2. The van der Waals surface area contributed by atoms with Gasteiger partial charge in [-0.25, -0.2) is 13.1 Å². The second-order valence-corrected chi connectivity index (χ2v) is 7.91. The molecule has 1 atom stereocenters. The van der Waals surface area contributed by atoms with Gasteiger partial charge in [-0.05, 0) is 43.7 Å². The van der Waals surface area contributed by atoms with E-state index in [-0.39, 0.29) is 16.7 Å². The van der Waals surface area contributed by atoms with E-state index in [0.717, 1.165) is 0 Å². The van der Waals surface area contributed by atoms with Crippen molar-refractivity contribution in [1.82, 2.24) is 20.2 Å². The highest BCUT2D eigenvalue weighted by Gasteiger charge is 2.23. The molecule has 0 saturated heterocycles. The molecule has 0 spiro atoms. The summed E-state index contributed by atoms with van der Waals surface area (Å²) in [6.07, 6.45) is 2.97. The number of aromatic nitrogens is 2. The van der Waals surface area contributed by atoms with Crippen molar-refractivity contribution in [3.8, 4) is 0 Å². The molecule has 140 valence electrons. The third-order valence-corrected chi connectivity index (χ3v) is 5.09. The molecular formula is C17H22N4O4S. The topological polar surface area (TPSA) is 114 Å². The third kappa shape index (κ3) is 4.99. The minimum Gasteiger partial charge on any atom is -0.340 e. The Hall–Kier alpha value is -2.52. The predicted octanol–water partition coefficient (Wildman–Crippen LogP) is 1.81. The molecule has 26 heavy (non-hydrogen) atoms. The van der Waals surface area contributed by atoms with Crippen molar-refractivity contribution >= 4 is 22.0 Å². The largest absolute Gasteiger partial charge is 0.340 e. The fraction of sp³-hybridized carbons (Fsp3) is 0.353. The van der Waals surface area contributed by atoms with E-state index in [9.17, 15) is 13.2 Å². The molecule has 9 heteroatoms. The molecule has 0 saturated carbocycles. The van der Waals surface area contributed by atoms with Crippen LogP contribution in [0.25, 0.3) is 6.08 Å². The Bertz CT molecular complexity index is 886. The summed E-state index contributed by atoms with van der Waals surface area (Å²) in [5.41, 5.74) is 0.699. The number of rotatable bonds is 7. The van der Waals surface area contributed by atoms with E-state index in [2.05, 4.69) is 20.2 Å². The van der Waals surface area contributed by atoms with E-state index < -0.39 is 16.1 Å². The highest BCUT2D eigenvalue weighted by atomic mass is 32.2. The first kappa shape index (κ1) is 19.8. The molecule has 8 nitrogen and oxygen atoms in total. The average molecular weight is 378 g/mol. The maximum Gasteiger partial charge on any atom is 0.249 e. The zero-order valence-electron chi connectivity index (χ0n) is 15.1. The fourth-order valence-electron chi connectivity index (χ4n) is 2.20. The second kappa shape index (κ2) is 8.24. The van der Waals surface area contributed by atoms with Crippen molar-refractivity contribution in [3.05, 3.63) is 47.6 Å². The molecule has 1 heterocycles. The number of nitrogens with one attached hydrogen (secondary N) is 2. The summed E-state index contributed by atoms with van der Waals surface area (Å²) in [5.74, 6) is 0.623. The summed E-state index contributed by atoms with van der Waals surface area (Å²) >= 11 is 0. The number of nitrogens with zero attached hydrogens (tertiary/aromatic N) is 2. The number of sulfonamides is 1. The van der Waals surface area contributed by atoms with Gasteiger partial charge >= 0.3 is 0 Å². The molecule has 2 aromatic rings.